The van der Waals surface area contributed by atoms with E-state index in [1.54, 1.807) is 6.33 Å². The number of aryl methyl sites for hydroxylation is 1. The molecule has 0 unspecified atom stereocenters. The summed E-state index contributed by atoms with van der Waals surface area (Å²) in [6.07, 6.45) is 4.72. The fourth-order valence-electron chi connectivity index (χ4n) is 3.60. The first-order chi connectivity index (χ1) is 11.7. The number of rotatable bonds is 3. The summed E-state index contributed by atoms with van der Waals surface area (Å²) >= 11 is 6.12. The largest absolute Gasteiger partial charge is 0.347 e. The first kappa shape index (κ1) is 15.4. The van der Waals surface area contributed by atoms with E-state index in [4.69, 9.17) is 11.6 Å². The third kappa shape index (κ3) is 2.97. The standard InChI is InChI=1S/C20H20ClN3/c1-14-9-16(21)5-6-18(14)20-4-2-3-15-11-24(8-7-19(15)20)12-17-10-22-13-23-17/h2-6,9-10,13H,7-8,11-12H2,1H3,(H,22,23). The molecule has 2 aromatic carbocycles. The third-order valence-electron chi connectivity index (χ3n) is 4.77. The van der Waals surface area contributed by atoms with Crippen LogP contribution < -0.4 is 0 Å². The molecule has 0 spiro atoms. The van der Waals surface area contributed by atoms with E-state index < -0.39 is 0 Å². The Morgan fingerprint density at radius 3 is 2.92 bits per heavy atom. The van der Waals surface area contributed by atoms with Gasteiger partial charge in [0.05, 0.1) is 6.33 Å². The van der Waals surface area contributed by atoms with Crippen LogP contribution in [0.3, 0.4) is 0 Å². The van der Waals surface area contributed by atoms with Crippen LogP contribution in [0.1, 0.15) is 22.4 Å². The summed E-state index contributed by atoms with van der Waals surface area (Å²) in [6, 6.07) is 12.8. The summed E-state index contributed by atoms with van der Waals surface area (Å²) in [6.45, 7) is 5.10. The Labute approximate surface area is 147 Å². The summed E-state index contributed by atoms with van der Waals surface area (Å²) in [7, 11) is 0. The van der Waals surface area contributed by atoms with Gasteiger partial charge in [-0.15, -0.1) is 0 Å². The van der Waals surface area contributed by atoms with Crippen molar-refractivity contribution >= 4 is 11.6 Å². The minimum atomic E-state index is 0.798. The van der Waals surface area contributed by atoms with Crippen LogP contribution in [0.15, 0.2) is 48.9 Å². The lowest BCUT2D eigenvalue weighted by Gasteiger charge is -2.30. The monoisotopic (exact) mass is 337 g/mol. The average molecular weight is 338 g/mol. The zero-order valence-electron chi connectivity index (χ0n) is 13.7. The lowest BCUT2D eigenvalue weighted by Crippen LogP contribution is -2.30. The Morgan fingerprint density at radius 1 is 1.21 bits per heavy atom. The van der Waals surface area contributed by atoms with Crippen LogP contribution in [0.5, 0.6) is 0 Å². The molecular formula is C20H20ClN3. The molecule has 0 saturated heterocycles. The third-order valence-corrected chi connectivity index (χ3v) is 5.01. The smallest absolute Gasteiger partial charge is 0.0922 e. The fraction of sp³-hybridized carbons (Fsp3) is 0.250. The molecule has 3 nitrogen and oxygen atoms in total. The summed E-state index contributed by atoms with van der Waals surface area (Å²) in [4.78, 5) is 9.77. The molecule has 122 valence electrons. The Morgan fingerprint density at radius 2 is 2.12 bits per heavy atom. The number of aromatic amines is 1. The van der Waals surface area contributed by atoms with Crippen molar-refractivity contribution in [1.82, 2.24) is 14.9 Å². The van der Waals surface area contributed by atoms with Crippen LogP contribution in [-0.2, 0) is 19.5 Å². The van der Waals surface area contributed by atoms with Gasteiger partial charge < -0.3 is 4.98 Å². The molecule has 1 N–H and O–H groups in total. The molecule has 1 aliphatic rings. The summed E-state index contributed by atoms with van der Waals surface area (Å²) < 4.78 is 0. The van der Waals surface area contributed by atoms with E-state index in [2.05, 4.69) is 46.1 Å². The van der Waals surface area contributed by atoms with Gasteiger partial charge in [0.2, 0.25) is 0 Å². The molecule has 4 rings (SSSR count). The van der Waals surface area contributed by atoms with Gasteiger partial charge in [0.1, 0.15) is 0 Å². The van der Waals surface area contributed by atoms with Gasteiger partial charge in [0, 0.05) is 36.5 Å². The van der Waals surface area contributed by atoms with Crippen LogP contribution in [-0.4, -0.2) is 21.4 Å². The fourth-order valence-corrected chi connectivity index (χ4v) is 3.82. The second kappa shape index (κ2) is 6.42. The lowest BCUT2D eigenvalue weighted by atomic mass is 9.89. The Balaban J connectivity index is 1.64. The Hall–Kier alpha value is -2.10. The van der Waals surface area contributed by atoms with Crippen LogP contribution in [0, 0.1) is 6.92 Å². The van der Waals surface area contributed by atoms with Crippen LogP contribution in [0.4, 0.5) is 0 Å². The number of nitrogens with one attached hydrogen (secondary N) is 1. The molecular weight excluding hydrogens is 318 g/mol. The molecule has 3 aromatic rings. The number of aromatic nitrogens is 2. The van der Waals surface area contributed by atoms with E-state index >= 15 is 0 Å². The van der Waals surface area contributed by atoms with Gasteiger partial charge >= 0.3 is 0 Å². The maximum absolute atomic E-state index is 6.12. The lowest BCUT2D eigenvalue weighted by molar-refractivity contribution is 0.243. The quantitative estimate of drug-likeness (QED) is 0.757. The predicted octanol–water partition coefficient (Wildman–Crippen LogP) is 4.60. The van der Waals surface area contributed by atoms with E-state index in [1.807, 2.05) is 18.3 Å². The number of fused-ring (bicyclic) bond motifs is 1. The minimum Gasteiger partial charge on any atom is -0.347 e. The van der Waals surface area contributed by atoms with Crippen molar-refractivity contribution in [1.29, 1.82) is 0 Å². The van der Waals surface area contributed by atoms with E-state index in [9.17, 15) is 0 Å². The summed E-state index contributed by atoms with van der Waals surface area (Å²) in [5.74, 6) is 0. The van der Waals surface area contributed by atoms with E-state index in [1.165, 1.54) is 33.5 Å². The predicted molar refractivity (Wildman–Crippen MR) is 98.0 cm³/mol. The van der Waals surface area contributed by atoms with E-state index in [0.29, 0.717) is 0 Å². The van der Waals surface area contributed by atoms with Crippen molar-refractivity contribution in [3.8, 4) is 11.1 Å². The van der Waals surface area contributed by atoms with Gasteiger partial charge in [-0.05, 0) is 53.3 Å². The van der Waals surface area contributed by atoms with Gasteiger partial charge in [0.25, 0.3) is 0 Å². The number of hydrogen-bond acceptors (Lipinski definition) is 2. The second-order valence-corrected chi connectivity index (χ2v) is 6.88. The maximum atomic E-state index is 6.12. The zero-order valence-corrected chi connectivity index (χ0v) is 14.5. The first-order valence-electron chi connectivity index (χ1n) is 8.27. The minimum absolute atomic E-state index is 0.798. The Kier molecular flexibility index (Phi) is 4.13. The molecule has 0 atom stereocenters. The highest BCUT2D eigenvalue weighted by molar-refractivity contribution is 6.30. The summed E-state index contributed by atoms with van der Waals surface area (Å²) in [5.41, 5.74) is 7.94. The van der Waals surface area contributed by atoms with Crippen LogP contribution in [0.25, 0.3) is 11.1 Å². The molecule has 0 fully saturated rings. The molecule has 24 heavy (non-hydrogen) atoms. The number of imidazole rings is 1. The molecule has 1 aliphatic heterocycles. The van der Waals surface area contributed by atoms with Crippen LogP contribution in [0.2, 0.25) is 5.02 Å². The molecule has 0 bridgehead atoms. The molecule has 0 radical (unpaired) electrons. The van der Waals surface area contributed by atoms with Crippen molar-refractivity contribution in [2.45, 2.75) is 26.4 Å². The van der Waals surface area contributed by atoms with Gasteiger partial charge in [-0.25, -0.2) is 4.98 Å². The van der Waals surface area contributed by atoms with Crippen molar-refractivity contribution in [2.24, 2.45) is 0 Å². The zero-order chi connectivity index (χ0) is 16.5. The van der Waals surface area contributed by atoms with Gasteiger partial charge in [-0.2, -0.15) is 0 Å². The van der Waals surface area contributed by atoms with Crippen molar-refractivity contribution in [3.63, 3.8) is 0 Å². The average Bonchev–Trinajstić information content (AvgIpc) is 3.07. The highest BCUT2D eigenvalue weighted by Crippen LogP contribution is 2.33. The second-order valence-electron chi connectivity index (χ2n) is 6.44. The number of benzene rings is 2. The molecule has 0 amide bonds. The summed E-state index contributed by atoms with van der Waals surface area (Å²) in [5, 5.41) is 0.798. The molecule has 0 aliphatic carbocycles. The topological polar surface area (TPSA) is 31.9 Å². The van der Waals surface area contributed by atoms with Gasteiger partial charge in [-0.1, -0.05) is 35.9 Å². The molecule has 4 heteroatoms. The van der Waals surface area contributed by atoms with Crippen molar-refractivity contribution in [2.75, 3.05) is 6.54 Å². The highest BCUT2D eigenvalue weighted by Gasteiger charge is 2.20. The SMILES string of the molecule is Cc1cc(Cl)ccc1-c1cccc2c1CCN(Cc1cnc[nH]1)C2. The van der Waals surface area contributed by atoms with Gasteiger partial charge in [-0.3, -0.25) is 4.90 Å². The van der Waals surface area contributed by atoms with Gasteiger partial charge in [0.15, 0.2) is 0 Å². The maximum Gasteiger partial charge on any atom is 0.0922 e. The van der Waals surface area contributed by atoms with Crippen molar-refractivity contribution < 1.29 is 0 Å². The molecule has 0 saturated carbocycles. The van der Waals surface area contributed by atoms with Crippen molar-refractivity contribution in [3.05, 3.63) is 76.3 Å². The number of H-pyrrole nitrogens is 1. The molecule has 2 heterocycles. The first-order valence-corrected chi connectivity index (χ1v) is 8.65. The number of nitrogens with zero attached hydrogens (tertiary/aromatic N) is 2. The van der Waals surface area contributed by atoms with Crippen LogP contribution >= 0.6 is 11.6 Å². The van der Waals surface area contributed by atoms with E-state index in [-0.39, 0.29) is 0 Å². The number of halogens is 1. The highest BCUT2D eigenvalue weighted by atomic mass is 35.5. The van der Waals surface area contributed by atoms with E-state index in [0.717, 1.165) is 31.1 Å². The molecule has 1 aromatic heterocycles. The Bertz CT molecular complexity index is 855. The number of hydrogen-bond donors (Lipinski definition) is 1. The normalized spacial score (nSPS) is 14.6.